The summed E-state index contributed by atoms with van der Waals surface area (Å²) in [4.78, 5) is 143. The van der Waals surface area contributed by atoms with Crippen molar-refractivity contribution in [3.8, 4) is 11.5 Å². The Balaban J connectivity index is 1.53. The van der Waals surface area contributed by atoms with Crippen LogP contribution in [-0.2, 0) is 71.9 Å². The predicted molar refractivity (Wildman–Crippen MR) is 289 cm³/mol. The number of rotatable bonds is 19. The molecule has 5 rings (SSSR count). The summed E-state index contributed by atoms with van der Waals surface area (Å²) in [7, 11) is 1.38. The van der Waals surface area contributed by atoms with Crippen molar-refractivity contribution in [1.82, 2.24) is 41.7 Å². The minimum absolute atomic E-state index is 0.0443. The van der Waals surface area contributed by atoms with Gasteiger partial charge in [0.15, 0.2) is 0 Å². The van der Waals surface area contributed by atoms with Gasteiger partial charge in [-0.05, 0) is 85.4 Å². The van der Waals surface area contributed by atoms with Crippen molar-refractivity contribution < 1.29 is 73.1 Å². The molecule has 8 amide bonds. The van der Waals surface area contributed by atoms with Gasteiger partial charge in [-0.2, -0.15) is 0 Å². The van der Waals surface area contributed by atoms with E-state index in [2.05, 4.69) is 31.9 Å². The fourth-order valence-electron chi connectivity index (χ4n) is 9.56. The molecule has 2 aliphatic heterocycles. The summed E-state index contributed by atoms with van der Waals surface area (Å²) in [5, 5.41) is 57.1. The molecule has 2 fully saturated rings. The van der Waals surface area contributed by atoms with Crippen LogP contribution in [0, 0.1) is 11.8 Å². The number of phenols is 2. The number of aromatic hydroxyl groups is 2. The van der Waals surface area contributed by atoms with E-state index in [1.54, 1.807) is 65.0 Å². The van der Waals surface area contributed by atoms with Crippen molar-refractivity contribution in [1.29, 1.82) is 0 Å². The number of carbonyl (C=O) groups is 10. The fourth-order valence-corrected chi connectivity index (χ4v) is 9.56. The average molecular weight is 1110 g/mol. The molecule has 0 unspecified atom stereocenters. The quantitative estimate of drug-likeness (QED) is 0.0761. The second-order valence-electron chi connectivity index (χ2n) is 20.9. The summed E-state index contributed by atoms with van der Waals surface area (Å²) >= 11 is 0. The van der Waals surface area contributed by atoms with Gasteiger partial charge in [-0.15, -0.1) is 0 Å². The van der Waals surface area contributed by atoms with Crippen LogP contribution >= 0.6 is 0 Å². The van der Waals surface area contributed by atoms with Crippen molar-refractivity contribution in [2.24, 2.45) is 11.8 Å². The molecule has 2 aliphatic rings. The maximum absolute atomic E-state index is 14.9. The molecule has 434 valence electrons. The molecule has 3 aromatic carbocycles. The smallest absolute Gasteiger partial charge is 0.329 e. The molecular weight excluding hydrogens is 1040 g/mol. The molecule has 80 heavy (non-hydrogen) atoms. The Hall–Kier alpha value is -8.08. The number of nitrogens with zero attached hydrogens (tertiary/aromatic N) is 2. The van der Waals surface area contributed by atoms with Gasteiger partial charge >= 0.3 is 11.9 Å². The zero-order valence-corrected chi connectivity index (χ0v) is 46.2. The molecule has 0 saturated carbocycles. The highest BCUT2D eigenvalue weighted by Crippen LogP contribution is 2.27. The number of esters is 1. The summed E-state index contributed by atoms with van der Waals surface area (Å²) < 4.78 is 5.94. The van der Waals surface area contributed by atoms with E-state index in [0.717, 1.165) is 9.80 Å². The molecule has 0 aromatic heterocycles. The van der Waals surface area contributed by atoms with Crippen LogP contribution < -0.4 is 31.9 Å². The van der Waals surface area contributed by atoms with Gasteiger partial charge in [0, 0.05) is 39.2 Å². The number of carboxylic acid groups (broad SMARTS) is 1. The van der Waals surface area contributed by atoms with E-state index in [1.165, 1.54) is 62.5 Å². The number of benzene rings is 3. The SMILES string of the molecule is CCCC(=O)N[C@@H](Cc1ccc(O)cc1)C(=O)N[C@@H](CCC(=O)N[C@@H]1C(=O)N[C@@H](Cc2ccc(O)cc2)C(=O)N[C@H]2CC[C@@H](O)N(C2=O)[C@@H](C(C)C)C(=O)N(C)[C@H](Cc2ccccc2)C(=O)N[C@@H]([C@@H](C)CC)C(=O)O[C@H]1C)C(=O)O. The third-order valence-corrected chi connectivity index (χ3v) is 14.4. The number of hydrogen-bond acceptors (Lipinski definition) is 14. The number of likely N-dealkylation sites (N-methyl/N-ethyl adjacent to an activating group) is 1. The lowest BCUT2D eigenvalue weighted by molar-refractivity contribution is -0.167. The number of hydrogen-bond donors (Lipinski definition) is 10. The standard InChI is InChI=1S/C57H76N8O15/c1-8-13-44(68)58-41(28-35-16-20-37(66)21-17-35)50(71)60-40(56(77)78)24-26-45(69)62-48-33(6)80-57(79)47(32(5)9-2)63-52(73)43(30-34-14-11-10-12-15-34)64(7)55(76)49(31(3)4)65-46(70)27-25-39(54(65)75)59-51(72)42(61-53(48)74)29-36-18-22-38(67)23-19-36/h10-12,14-23,31-33,39-43,46-49,66-67,70H,8-9,13,24-30H2,1-7H3,(H,58,68)(H,59,72)(H,60,71)(H,61,74)(H,62,69)(H,63,73)(H,77,78)/t32-,33-,39-,40-,41-,42-,43+,46+,47-,48-,49-/m0/s1. The minimum atomic E-state index is -1.85. The Labute approximate surface area is 464 Å². The molecule has 2 bridgehead atoms. The lowest BCUT2D eigenvalue weighted by atomic mass is 9.93. The molecule has 23 heteroatoms. The average Bonchev–Trinajstić information content (AvgIpc) is 3.46. The van der Waals surface area contributed by atoms with Crippen molar-refractivity contribution in [2.45, 2.75) is 166 Å². The Morgan fingerprint density at radius 3 is 1.91 bits per heavy atom. The van der Waals surface area contributed by atoms with Crippen molar-refractivity contribution >= 4 is 59.2 Å². The summed E-state index contributed by atoms with van der Waals surface area (Å²) in [6.45, 7) is 9.76. The molecule has 3 aromatic rings. The van der Waals surface area contributed by atoms with Crippen LogP contribution in [0.4, 0.5) is 0 Å². The van der Waals surface area contributed by atoms with Crippen molar-refractivity contribution in [2.75, 3.05) is 7.05 Å². The largest absolute Gasteiger partial charge is 0.508 e. The monoisotopic (exact) mass is 1110 g/mol. The number of ether oxygens (including phenoxy) is 1. The first kappa shape index (κ1) is 62.8. The number of piperidine rings is 1. The van der Waals surface area contributed by atoms with Crippen LogP contribution in [-0.4, -0.2) is 157 Å². The zero-order chi connectivity index (χ0) is 59.0. The molecule has 23 nitrogen and oxygen atoms in total. The maximum Gasteiger partial charge on any atom is 0.329 e. The molecule has 10 N–H and O–H groups in total. The van der Waals surface area contributed by atoms with E-state index >= 15 is 0 Å². The van der Waals surface area contributed by atoms with Crippen molar-refractivity contribution in [3.63, 3.8) is 0 Å². The highest BCUT2D eigenvalue weighted by molar-refractivity contribution is 5.98. The van der Waals surface area contributed by atoms with Gasteiger partial charge in [-0.25, -0.2) is 9.59 Å². The van der Waals surface area contributed by atoms with Gasteiger partial charge < -0.3 is 66.9 Å². The molecule has 0 spiro atoms. The number of carboxylic acids is 1. The van der Waals surface area contributed by atoms with Gasteiger partial charge in [0.1, 0.15) is 72.2 Å². The number of cyclic esters (lactones) is 1. The van der Waals surface area contributed by atoms with Gasteiger partial charge in [0.25, 0.3) is 0 Å². The number of aliphatic hydroxyl groups is 1. The zero-order valence-electron chi connectivity index (χ0n) is 46.2. The van der Waals surface area contributed by atoms with E-state index in [4.69, 9.17) is 4.74 Å². The predicted octanol–water partition coefficient (Wildman–Crippen LogP) is 1.48. The second-order valence-corrected chi connectivity index (χ2v) is 20.9. The van der Waals surface area contributed by atoms with Crippen LogP contribution in [0.2, 0.25) is 0 Å². The summed E-state index contributed by atoms with van der Waals surface area (Å²) in [6, 6.07) is 8.35. The first-order valence-corrected chi connectivity index (χ1v) is 27.0. The Kier molecular flexibility index (Phi) is 22.9. The third-order valence-electron chi connectivity index (χ3n) is 14.4. The molecule has 2 saturated heterocycles. The number of amides is 8. The molecule has 11 atom stereocenters. The van der Waals surface area contributed by atoms with Crippen LogP contribution in [0.25, 0.3) is 0 Å². The number of aliphatic hydroxyl groups excluding tert-OH is 1. The molecule has 0 radical (unpaired) electrons. The summed E-state index contributed by atoms with van der Waals surface area (Å²) in [5.41, 5.74) is 1.58. The molecule has 2 heterocycles. The summed E-state index contributed by atoms with van der Waals surface area (Å²) in [5.74, 6) is -10.7. The minimum Gasteiger partial charge on any atom is -0.508 e. The van der Waals surface area contributed by atoms with E-state index in [0.29, 0.717) is 29.5 Å². The number of phenolic OH excluding ortho intramolecular Hbond substituents is 2. The van der Waals surface area contributed by atoms with Gasteiger partial charge in [0.2, 0.25) is 47.3 Å². The topological polar surface area (TPSA) is 340 Å². The number of fused-ring (bicyclic) bond motifs is 2. The van der Waals surface area contributed by atoms with Crippen molar-refractivity contribution in [3.05, 3.63) is 95.6 Å². The van der Waals surface area contributed by atoms with Crippen LogP contribution in [0.5, 0.6) is 11.5 Å². The van der Waals surface area contributed by atoms with Crippen LogP contribution in [0.15, 0.2) is 78.9 Å². The Bertz CT molecular complexity index is 2670. The number of carbonyl (C=O) groups excluding carboxylic acids is 9. The number of nitrogens with one attached hydrogen (secondary N) is 6. The van der Waals surface area contributed by atoms with Crippen LogP contribution in [0.1, 0.15) is 103 Å². The van der Waals surface area contributed by atoms with Gasteiger partial charge in [0.05, 0.1) is 0 Å². The lowest BCUT2D eigenvalue weighted by Gasteiger charge is -2.44. The van der Waals surface area contributed by atoms with Crippen LogP contribution in [0.3, 0.4) is 0 Å². The third kappa shape index (κ3) is 17.2. The number of aliphatic carboxylic acids is 1. The molecular formula is C57H76N8O15. The Morgan fingerprint density at radius 2 is 1.32 bits per heavy atom. The highest BCUT2D eigenvalue weighted by atomic mass is 16.5. The van der Waals surface area contributed by atoms with E-state index in [-0.39, 0.29) is 50.0 Å². The second kappa shape index (κ2) is 29.2. The molecule has 0 aliphatic carbocycles. The van der Waals surface area contributed by atoms with Gasteiger partial charge in [-0.1, -0.05) is 95.6 Å². The summed E-state index contributed by atoms with van der Waals surface area (Å²) in [6.07, 6.45) is -4.09. The van der Waals surface area contributed by atoms with E-state index < -0.39 is 145 Å². The normalized spacial score (nSPS) is 23.6. The van der Waals surface area contributed by atoms with E-state index in [1.807, 2.05) is 0 Å². The van der Waals surface area contributed by atoms with Gasteiger partial charge in [-0.3, -0.25) is 38.4 Å². The Morgan fingerprint density at radius 1 is 0.713 bits per heavy atom. The highest BCUT2D eigenvalue weighted by Gasteiger charge is 2.47. The fraction of sp³-hybridized carbons (Fsp3) is 0.509. The first-order valence-electron chi connectivity index (χ1n) is 27.0. The maximum atomic E-state index is 14.9. The van der Waals surface area contributed by atoms with E-state index in [9.17, 15) is 68.4 Å². The first-order chi connectivity index (χ1) is 37.9. The lowest BCUT2D eigenvalue weighted by Crippen LogP contribution is -2.66.